The predicted molar refractivity (Wildman–Crippen MR) is 94.0 cm³/mol. The Morgan fingerprint density at radius 2 is 2.29 bits per heavy atom. The summed E-state index contributed by atoms with van der Waals surface area (Å²) in [5, 5.41) is 13.1. The number of aromatic amines is 1. The molecule has 6 heteroatoms. The van der Waals surface area contributed by atoms with Crippen LogP contribution in [0.2, 0.25) is 0 Å². The monoisotopic (exact) mass is 330 g/mol. The lowest BCUT2D eigenvalue weighted by molar-refractivity contribution is 0.177. The highest BCUT2D eigenvalue weighted by molar-refractivity contribution is 5.80. The number of amides is 2. The second-order valence-electron chi connectivity index (χ2n) is 6.62. The minimum Gasteiger partial charge on any atom is -0.396 e. The second kappa shape index (κ2) is 7.66. The van der Waals surface area contributed by atoms with Crippen LogP contribution in [-0.4, -0.2) is 51.7 Å². The number of hydrogen-bond donors (Lipinski definition) is 3. The third-order valence-corrected chi connectivity index (χ3v) is 4.87. The van der Waals surface area contributed by atoms with Crippen LogP contribution >= 0.6 is 0 Å². The average Bonchev–Trinajstić information content (AvgIpc) is 3.04. The molecule has 130 valence electrons. The van der Waals surface area contributed by atoms with Gasteiger partial charge in [0.05, 0.1) is 0 Å². The third-order valence-electron chi connectivity index (χ3n) is 4.87. The van der Waals surface area contributed by atoms with Crippen LogP contribution in [0.25, 0.3) is 11.0 Å². The number of carbonyl (C=O) groups excluding carboxylic acids is 1. The van der Waals surface area contributed by atoms with Gasteiger partial charge in [-0.15, -0.1) is 0 Å². The highest BCUT2D eigenvalue weighted by Gasteiger charge is 2.26. The number of aromatic nitrogens is 2. The molecule has 3 N–H and O–H groups in total. The van der Waals surface area contributed by atoms with E-state index in [9.17, 15) is 4.79 Å². The Hall–Kier alpha value is -2.08. The van der Waals surface area contributed by atoms with E-state index in [1.165, 1.54) is 10.9 Å². The van der Waals surface area contributed by atoms with Crippen molar-refractivity contribution in [3.63, 3.8) is 0 Å². The number of aliphatic hydroxyl groups is 1. The van der Waals surface area contributed by atoms with Crippen molar-refractivity contribution in [3.8, 4) is 0 Å². The van der Waals surface area contributed by atoms with Crippen LogP contribution in [0.3, 0.4) is 0 Å². The molecular formula is C18H26N4O2. The third kappa shape index (κ3) is 3.70. The van der Waals surface area contributed by atoms with Gasteiger partial charge < -0.3 is 20.3 Å². The molecule has 1 aliphatic heterocycles. The van der Waals surface area contributed by atoms with E-state index < -0.39 is 0 Å². The summed E-state index contributed by atoms with van der Waals surface area (Å²) < 4.78 is 0. The quantitative estimate of drug-likeness (QED) is 0.788. The molecule has 0 spiro atoms. The van der Waals surface area contributed by atoms with Gasteiger partial charge in [-0.25, -0.2) is 9.78 Å². The lowest BCUT2D eigenvalue weighted by Gasteiger charge is -2.32. The second-order valence-corrected chi connectivity index (χ2v) is 6.62. The molecule has 1 atom stereocenters. The summed E-state index contributed by atoms with van der Waals surface area (Å²) in [6.45, 7) is 3.71. The molecule has 0 saturated carbocycles. The smallest absolute Gasteiger partial charge is 0.317 e. The van der Waals surface area contributed by atoms with Gasteiger partial charge in [0, 0.05) is 43.5 Å². The molecule has 6 nitrogen and oxygen atoms in total. The van der Waals surface area contributed by atoms with Crippen molar-refractivity contribution in [3.05, 3.63) is 30.1 Å². The lowest BCUT2D eigenvalue weighted by Crippen LogP contribution is -2.46. The van der Waals surface area contributed by atoms with Crippen LogP contribution < -0.4 is 5.32 Å². The summed E-state index contributed by atoms with van der Waals surface area (Å²) in [7, 11) is 0. The molecule has 2 amide bonds. The Balaban J connectivity index is 1.55. The SMILES string of the molecule is CC(CCCO)NC(=O)N1CCC(c2c[nH]c3ncccc23)CC1. The normalized spacial score (nSPS) is 17.2. The Labute approximate surface area is 142 Å². The minimum absolute atomic E-state index is 0.0134. The van der Waals surface area contributed by atoms with Gasteiger partial charge in [-0.2, -0.15) is 0 Å². The Morgan fingerprint density at radius 3 is 3.04 bits per heavy atom. The van der Waals surface area contributed by atoms with Gasteiger partial charge >= 0.3 is 6.03 Å². The summed E-state index contributed by atoms with van der Waals surface area (Å²) in [6.07, 6.45) is 7.34. The number of likely N-dealkylation sites (tertiary alicyclic amines) is 1. The van der Waals surface area contributed by atoms with Crippen LogP contribution in [-0.2, 0) is 0 Å². The van der Waals surface area contributed by atoms with Gasteiger partial charge in [-0.05, 0) is 56.2 Å². The molecule has 24 heavy (non-hydrogen) atoms. The van der Waals surface area contributed by atoms with Crippen molar-refractivity contribution in [2.24, 2.45) is 0 Å². The van der Waals surface area contributed by atoms with Crippen molar-refractivity contribution < 1.29 is 9.90 Å². The van der Waals surface area contributed by atoms with E-state index in [1.807, 2.05) is 17.9 Å². The van der Waals surface area contributed by atoms with Crippen LogP contribution in [0.1, 0.15) is 44.1 Å². The Bertz CT molecular complexity index is 676. The van der Waals surface area contributed by atoms with Gasteiger partial charge in [0.25, 0.3) is 0 Å². The number of rotatable bonds is 5. The van der Waals surface area contributed by atoms with Gasteiger partial charge in [-0.3, -0.25) is 0 Å². The molecule has 1 unspecified atom stereocenters. The maximum absolute atomic E-state index is 12.3. The fraction of sp³-hybridized carbons (Fsp3) is 0.556. The van der Waals surface area contributed by atoms with Crippen molar-refractivity contribution in [1.29, 1.82) is 0 Å². The largest absolute Gasteiger partial charge is 0.396 e. The number of H-pyrrole nitrogens is 1. The fourth-order valence-corrected chi connectivity index (χ4v) is 3.48. The number of carbonyl (C=O) groups is 1. The number of hydrogen-bond acceptors (Lipinski definition) is 3. The molecule has 3 heterocycles. The van der Waals surface area contributed by atoms with Gasteiger partial charge in [0.15, 0.2) is 0 Å². The van der Waals surface area contributed by atoms with Crippen molar-refractivity contribution in [2.75, 3.05) is 19.7 Å². The van der Waals surface area contributed by atoms with Crippen LogP contribution in [0, 0.1) is 0 Å². The topological polar surface area (TPSA) is 81.2 Å². The number of piperidine rings is 1. The molecule has 0 aliphatic carbocycles. The Morgan fingerprint density at radius 1 is 1.50 bits per heavy atom. The van der Waals surface area contributed by atoms with E-state index in [1.54, 1.807) is 6.20 Å². The summed E-state index contributed by atoms with van der Waals surface area (Å²) in [6, 6.07) is 4.19. The predicted octanol–water partition coefficient (Wildman–Crippen LogP) is 2.61. The van der Waals surface area contributed by atoms with Gasteiger partial charge in [-0.1, -0.05) is 0 Å². The Kier molecular flexibility index (Phi) is 5.35. The number of nitrogens with zero attached hydrogens (tertiary/aromatic N) is 2. The van der Waals surface area contributed by atoms with Crippen LogP contribution in [0.15, 0.2) is 24.5 Å². The first-order chi connectivity index (χ1) is 11.7. The number of fused-ring (bicyclic) bond motifs is 1. The summed E-state index contributed by atoms with van der Waals surface area (Å²) in [4.78, 5) is 21.8. The molecule has 0 bridgehead atoms. The average molecular weight is 330 g/mol. The minimum atomic E-state index is 0.0134. The first-order valence-electron chi connectivity index (χ1n) is 8.77. The first-order valence-corrected chi connectivity index (χ1v) is 8.77. The molecule has 2 aromatic heterocycles. The molecule has 3 rings (SSSR count). The van der Waals surface area contributed by atoms with E-state index in [4.69, 9.17) is 5.11 Å². The zero-order valence-corrected chi connectivity index (χ0v) is 14.2. The van der Waals surface area contributed by atoms with Gasteiger partial charge in [0.2, 0.25) is 0 Å². The van der Waals surface area contributed by atoms with Crippen molar-refractivity contribution in [2.45, 2.75) is 44.6 Å². The standard InChI is InChI=1S/C18H26N4O2/c1-13(4-3-11-23)21-18(24)22-9-6-14(7-10-22)16-12-20-17-15(16)5-2-8-19-17/h2,5,8,12-14,23H,3-4,6-7,9-11H2,1H3,(H,19,20)(H,21,24). The number of pyridine rings is 1. The molecule has 1 saturated heterocycles. The number of urea groups is 1. The lowest BCUT2D eigenvalue weighted by atomic mass is 9.89. The molecule has 0 aromatic carbocycles. The summed E-state index contributed by atoms with van der Waals surface area (Å²) in [5.74, 6) is 0.471. The van der Waals surface area contributed by atoms with E-state index in [0.29, 0.717) is 5.92 Å². The molecule has 2 aromatic rings. The summed E-state index contributed by atoms with van der Waals surface area (Å²) in [5.41, 5.74) is 2.25. The fourth-order valence-electron chi connectivity index (χ4n) is 3.48. The molecule has 0 radical (unpaired) electrons. The molecule has 1 fully saturated rings. The van der Waals surface area contributed by atoms with Gasteiger partial charge in [0.1, 0.15) is 5.65 Å². The van der Waals surface area contributed by atoms with Crippen molar-refractivity contribution in [1.82, 2.24) is 20.2 Å². The number of nitrogens with one attached hydrogen (secondary N) is 2. The zero-order chi connectivity index (χ0) is 16.9. The van der Waals surface area contributed by atoms with Crippen LogP contribution in [0.4, 0.5) is 4.79 Å². The molecular weight excluding hydrogens is 304 g/mol. The first kappa shape index (κ1) is 16.8. The zero-order valence-electron chi connectivity index (χ0n) is 14.2. The van der Waals surface area contributed by atoms with E-state index in [0.717, 1.165) is 44.4 Å². The van der Waals surface area contributed by atoms with E-state index in [-0.39, 0.29) is 18.7 Å². The van der Waals surface area contributed by atoms with Crippen LogP contribution in [0.5, 0.6) is 0 Å². The maximum atomic E-state index is 12.3. The van der Waals surface area contributed by atoms with E-state index >= 15 is 0 Å². The highest BCUT2D eigenvalue weighted by atomic mass is 16.3. The molecule has 1 aliphatic rings. The maximum Gasteiger partial charge on any atom is 0.317 e. The van der Waals surface area contributed by atoms with Crippen molar-refractivity contribution >= 4 is 17.1 Å². The summed E-state index contributed by atoms with van der Waals surface area (Å²) >= 11 is 0. The highest BCUT2D eigenvalue weighted by Crippen LogP contribution is 2.32. The number of aliphatic hydroxyl groups excluding tert-OH is 1. The van der Waals surface area contributed by atoms with E-state index in [2.05, 4.69) is 27.5 Å².